The van der Waals surface area contributed by atoms with Crippen molar-refractivity contribution in [2.24, 2.45) is 0 Å². The summed E-state index contributed by atoms with van der Waals surface area (Å²) in [5.41, 5.74) is 3.74. The lowest BCUT2D eigenvalue weighted by atomic mass is 10.0. The molecule has 200 valence electrons. The number of hydrogen-bond donors (Lipinski definition) is 1. The Labute approximate surface area is 231 Å². The molecule has 39 heavy (non-hydrogen) atoms. The van der Waals surface area contributed by atoms with Gasteiger partial charge in [-0.1, -0.05) is 18.2 Å². The van der Waals surface area contributed by atoms with Gasteiger partial charge >= 0.3 is 0 Å². The van der Waals surface area contributed by atoms with Crippen molar-refractivity contribution < 1.29 is 8.42 Å². The Morgan fingerprint density at radius 3 is 2.69 bits per heavy atom. The van der Waals surface area contributed by atoms with Crippen molar-refractivity contribution in [3.05, 3.63) is 72.3 Å². The van der Waals surface area contributed by atoms with Crippen LogP contribution < -0.4 is 5.32 Å². The Hall–Kier alpha value is -3.51. The highest BCUT2D eigenvalue weighted by molar-refractivity contribution is 7.89. The predicted molar refractivity (Wildman–Crippen MR) is 155 cm³/mol. The molecule has 1 aliphatic rings. The van der Waals surface area contributed by atoms with Crippen molar-refractivity contribution in [1.82, 2.24) is 29.1 Å². The van der Waals surface area contributed by atoms with Gasteiger partial charge in [0, 0.05) is 67.7 Å². The molecule has 1 fully saturated rings. The summed E-state index contributed by atoms with van der Waals surface area (Å²) in [4.78, 5) is 20.4. The first-order valence-electron chi connectivity index (χ1n) is 12.9. The first kappa shape index (κ1) is 25.8. The molecule has 9 nitrogen and oxygen atoms in total. The highest BCUT2D eigenvalue weighted by Crippen LogP contribution is 2.30. The molecule has 11 heteroatoms. The summed E-state index contributed by atoms with van der Waals surface area (Å²) in [7, 11) is -3.55. The van der Waals surface area contributed by atoms with Gasteiger partial charge in [0.05, 0.1) is 25.6 Å². The van der Waals surface area contributed by atoms with Crippen LogP contribution in [-0.2, 0) is 10.0 Å². The molecule has 1 aliphatic heterocycles. The van der Waals surface area contributed by atoms with Crippen molar-refractivity contribution in [3.8, 4) is 11.1 Å². The maximum Gasteiger partial charge on any atom is 0.243 e. The van der Waals surface area contributed by atoms with Crippen LogP contribution in [0.3, 0.4) is 0 Å². The highest BCUT2D eigenvalue weighted by atomic mass is 32.2. The number of rotatable bonds is 7. The Morgan fingerprint density at radius 1 is 1.05 bits per heavy atom. The largest absolute Gasteiger partial charge is 0.366 e. The molecule has 1 N–H and O–H groups in total. The maximum absolute atomic E-state index is 13.3. The number of benzene rings is 2. The van der Waals surface area contributed by atoms with Crippen molar-refractivity contribution in [2.45, 2.75) is 24.8 Å². The summed E-state index contributed by atoms with van der Waals surface area (Å²) in [5, 5.41) is 5.44. The van der Waals surface area contributed by atoms with E-state index in [1.54, 1.807) is 35.0 Å². The van der Waals surface area contributed by atoms with Crippen LogP contribution in [0.15, 0.2) is 72.1 Å². The fourth-order valence-corrected chi connectivity index (χ4v) is 7.50. The number of hydrogen-bond acceptors (Lipinski definition) is 9. The first-order chi connectivity index (χ1) is 18.9. The van der Waals surface area contributed by atoms with Gasteiger partial charge < -0.3 is 5.32 Å². The first-order valence-corrected chi connectivity index (χ1v) is 15.1. The minimum Gasteiger partial charge on any atom is -0.366 e. The molecule has 0 bridgehead atoms. The Bertz CT molecular complexity index is 1730. The second-order valence-corrected chi connectivity index (χ2v) is 13.0. The normalized spacial score (nSPS) is 16.1. The smallest absolute Gasteiger partial charge is 0.243 e. The van der Waals surface area contributed by atoms with E-state index >= 15 is 0 Å². The van der Waals surface area contributed by atoms with Crippen LogP contribution in [0.25, 0.3) is 32.2 Å². The zero-order valence-corrected chi connectivity index (χ0v) is 23.4. The van der Waals surface area contributed by atoms with E-state index in [1.165, 1.54) is 11.3 Å². The number of sulfonamides is 1. The van der Waals surface area contributed by atoms with Crippen molar-refractivity contribution in [3.63, 3.8) is 0 Å². The van der Waals surface area contributed by atoms with Crippen LogP contribution >= 0.6 is 11.3 Å². The molecule has 1 atom stereocenters. The average Bonchev–Trinajstić information content (AvgIpc) is 3.33. The van der Waals surface area contributed by atoms with Gasteiger partial charge in [0.2, 0.25) is 10.0 Å². The predicted octanol–water partition coefficient (Wildman–Crippen LogP) is 4.42. The second kappa shape index (κ2) is 10.6. The molecule has 2 aromatic carbocycles. The summed E-state index contributed by atoms with van der Waals surface area (Å²) >= 11 is 1.52. The van der Waals surface area contributed by atoms with Gasteiger partial charge in [0.1, 0.15) is 12.1 Å². The second-order valence-electron chi connectivity index (χ2n) is 9.78. The number of aromatic nitrogens is 4. The number of thiazole rings is 1. The van der Waals surface area contributed by atoms with E-state index in [1.807, 2.05) is 43.5 Å². The van der Waals surface area contributed by atoms with Crippen molar-refractivity contribution in [1.29, 1.82) is 0 Å². The molecule has 0 saturated carbocycles. The minimum atomic E-state index is -3.55. The van der Waals surface area contributed by atoms with Crippen molar-refractivity contribution in [2.75, 3.05) is 38.0 Å². The molecule has 0 spiro atoms. The quantitative estimate of drug-likeness (QED) is 0.313. The fourth-order valence-electron chi connectivity index (χ4n) is 5.11. The number of piperazine rings is 1. The fraction of sp³-hybridized carbons (Fsp3) is 0.286. The maximum atomic E-state index is 13.3. The molecule has 0 radical (unpaired) electrons. The van der Waals surface area contributed by atoms with E-state index in [2.05, 4.69) is 37.1 Å². The van der Waals surface area contributed by atoms with E-state index in [4.69, 9.17) is 0 Å². The lowest BCUT2D eigenvalue weighted by molar-refractivity contribution is 0.184. The van der Waals surface area contributed by atoms with E-state index in [0.717, 1.165) is 49.6 Å². The standard InChI is InChI=1S/C28H29N7O2S2/c1-19(32-28-24-7-3-6-23(27(24)30-18-31-28)21-5-4-10-29-16-21)17-34-11-13-35(14-12-34)39(36,37)22-8-9-25-26(15-22)38-20(2)33-25/h3-10,15-16,18-19H,11-14,17H2,1-2H3,(H,30,31,32). The van der Waals surface area contributed by atoms with Crippen LogP contribution in [0, 0.1) is 6.92 Å². The number of pyridine rings is 1. The molecule has 0 amide bonds. The number of nitrogens with zero attached hydrogens (tertiary/aromatic N) is 6. The number of para-hydroxylation sites is 1. The van der Waals surface area contributed by atoms with E-state index in [9.17, 15) is 8.42 Å². The lowest BCUT2D eigenvalue weighted by Crippen LogP contribution is -2.50. The van der Waals surface area contributed by atoms with Gasteiger partial charge in [-0.25, -0.2) is 23.4 Å². The number of anilines is 1. The number of aryl methyl sites for hydroxylation is 1. The average molecular weight is 560 g/mol. The summed E-state index contributed by atoms with van der Waals surface area (Å²) in [6, 6.07) is 15.3. The molecular formula is C28H29N7O2S2. The highest BCUT2D eigenvalue weighted by Gasteiger charge is 2.29. The zero-order valence-electron chi connectivity index (χ0n) is 21.8. The van der Waals surface area contributed by atoms with Crippen LogP contribution in [-0.4, -0.2) is 76.3 Å². The third kappa shape index (κ3) is 5.22. The Kier molecular flexibility index (Phi) is 6.98. The molecule has 1 unspecified atom stereocenters. The molecule has 3 aromatic heterocycles. The lowest BCUT2D eigenvalue weighted by Gasteiger charge is -2.35. The summed E-state index contributed by atoms with van der Waals surface area (Å²) < 4.78 is 29.1. The Balaban J connectivity index is 1.11. The van der Waals surface area contributed by atoms with Crippen LogP contribution in [0.2, 0.25) is 0 Å². The van der Waals surface area contributed by atoms with Crippen LogP contribution in [0.1, 0.15) is 11.9 Å². The summed E-state index contributed by atoms with van der Waals surface area (Å²) in [6.07, 6.45) is 5.19. The van der Waals surface area contributed by atoms with E-state index < -0.39 is 10.0 Å². The van der Waals surface area contributed by atoms with Gasteiger partial charge in [-0.2, -0.15) is 4.31 Å². The summed E-state index contributed by atoms with van der Waals surface area (Å²) in [5.74, 6) is 0.785. The monoisotopic (exact) mass is 559 g/mol. The molecule has 1 saturated heterocycles. The number of nitrogens with one attached hydrogen (secondary N) is 1. The Morgan fingerprint density at radius 2 is 1.90 bits per heavy atom. The molecule has 6 rings (SSSR count). The molecular weight excluding hydrogens is 530 g/mol. The third-order valence-electron chi connectivity index (χ3n) is 6.99. The van der Waals surface area contributed by atoms with Gasteiger partial charge in [0.25, 0.3) is 0 Å². The topological polar surface area (TPSA) is 104 Å². The van der Waals surface area contributed by atoms with Crippen molar-refractivity contribution >= 4 is 48.3 Å². The van der Waals surface area contributed by atoms with E-state index in [-0.39, 0.29) is 6.04 Å². The minimum absolute atomic E-state index is 0.102. The SMILES string of the molecule is Cc1nc2ccc(S(=O)(=O)N3CCN(CC(C)Nc4ncnc5c(-c6cccnc6)cccc45)CC3)cc2s1. The zero-order chi connectivity index (χ0) is 27.0. The summed E-state index contributed by atoms with van der Waals surface area (Å²) in [6.45, 7) is 7.08. The van der Waals surface area contributed by atoms with Gasteiger partial charge in [0.15, 0.2) is 0 Å². The molecule has 5 aromatic rings. The molecule has 0 aliphatic carbocycles. The van der Waals surface area contributed by atoms with Gasteiger partial charge in [-0.15, -0.1) is 11.3 Å². The van der Waals surface area contributed by atoms with E-state index in [0.29, 0.717) is 31.1 Å². The van der Waals surface area contributed by atoms with Gasteiger partial charge in [-0.05, 0) is 44.2 Å². The number of fused-ring (bicyclic) bond motifs is 2. The van der Waals surface area contributed by atoms with Crippen LogP contribution in [0.5, 0.6) is 0 Å². The van der Waals surface area contributed by atoms with Crippen LogP contribution in [0.4, 0.5) is 5.82 Å². The van der Waals surface area contributed by atoms with Gasteiger partial charge in [-0.3, -0.25) is 9.88 Å². The third-order valence-corrected chi connectivity index (χ3v) is 9.82. The molecule has 4 heterocycles.